The fourth-order valence-corrected chi connectivity index (χ4v) is 6.47. The van der Waals surface area contributed by atoms with Crippen LogP contribution in [0.3, 0.4) is 0 Å². The Kier molecular flexibility index (Phi) is 4.84. The maximum atomic E-state index is 13.0. The number of hydrogen-bond acceptors (Lipinski definition) is 4. The van der Waals surface area contributed by atoms with Crippen molar-refractivity contribution in [1.29, 1.82) is 0 Å². The topological polar surface area (TPSA) is 52.3 Å². The first kappa shape index (κ1) is 15.7. The Bertz CT molecular complexity index is 521. The number of thioether (sulfide) groups is 1. The second-order valence-electron chi connectivity index (χ2n) is 5.71. The van der Waals surface area contributed by atoms with Gasteiger partial charge in [-0.25, -0.2) is 0 Å². The van der Waals surface area contributed by atoms with Crippen LogP contribution in [-0.4, -0.2) is 33.2 Å². The number of ether oxygens (including phenoxy) is 1. The molecule has 0 amide bonds. The minimum atomic E-state index is -1.16. The molecule has 0 aromatic heterocycles. The minimum absolute atomic E-state index is 0.0696. The molecule has 2 heterocycles. The van der Waals surface area contributed by atoms with Gasteiger partial charge in [-0.2, -0.15) is 11.8 Å². The van der Waals surface area contributed by atoms with Crippen LogP contribution in [0.2, 0.25) is 5.02 Å². The lowest BCUT2D eigenvalue weighted by Gasteiger charge is -2.43. The molecule has 2 aliphatic rings. The summed E-state index contributed by atoms with van der Waals surface area (Å²) in [5.41, 5.74) is 6.45. The molecule has 2 aliphatic heterocycles. The lowest BCUT2D eigenvalue weighted by Crippen LogP contribution is -2.45. The average molecular weight is 346 g/mol. The van der Waals surface area contributed by atoms with E-state index < -0.39 is 10.8 Å². The standard InChI is InChI=1S/C15H20ClNO2S2/c16-12-2-1-3-13(17)14(12)21(18)11-4-7-19-15(10-11)5-8-20-9-6-15/h1-3,11H,4-10,17H2. The second kappa shape index (κ2) is 6.49. The lowest BCUT2D eigenvalue weighted by atomic mass is 9.88. The van der Waals surface area contributed by atoms with Crippen molar-refractivity contribution in [2.75, 3.05) is 23.8 Å². The summed E-state index contributed by atoms with van der Waals surface area (Å²) < 4.78 is 19.0. The molecule has 1 aromatic rings. The van der Waals surface area contributed by atoms with Gasteiger partial charge in [0.05, 0.1) is 26.3 Å². The van der Waals surface area contributed by atoms with E-state index in [1.165, 1.54) is 0 Å². The Morgan fingerprint density at radius 3 is 2.86 bits per heavy atom. The number of rotatable bonds is 2. The first-order valence-corrected chi connectivity index (χ1v) is 10.0. The van der Waals surface area contributed by atoms with Gasteiger partial charge in [-0.15, -0.1) is 0 Å². The van der Waals surface area contributed by atoms with Crippen molar-refractivity contribution in [3.05, 3.63) is 23.2 Å². The molecule has 21 heavy (non-hydrogen) atoms. The normalized spacial score (nSPS) is 26.6. The molecule has 0 radical (unpaired) electrons. The van der Waals surface area contributed by atoms with Gasteiger partial charge in [0.1, 0.15) is 0 Å². The molecule has 3 nitrogen and oxygen atoms in total. The molecular formula is C15H20ClNO2S2. The Morgan fingerprint density at radius 1 is 1.38 bits per heavy atom. The highest BCUT2D eigenvalue weighted by atomic mass is 35.5. The van der Waals surface area contributed by atoms with Crippen molar-refractivity contribution in [2.24, 2.45) is 0 Å². The zero-order valence-electron chi connectivity index (χ0n) is 11.8. The Hall–Kier alpha value is -0.230. The van der Waals surface area contributed by atoms with Crippen molar-refractivity contribution in [3.8, 4) is 0 Å². The van der Waals surface area contributed by atoms with Gasteiger partial charge in [0, 0.05) is 17.5 Å². The molecule has 2 fully saturated rings. The van der Waals surface area contributed by atoms with Crippen LogP contribution in [-0.2, 0) is 15.5 Å². The number of nitrogens with two attached hydrogens (primary N) is 1. The van der Waals surface area contributed by atoms with Crippen molar-refractivity contribution in [2.45, 2.75) is 41.4 Å². The molecule has 2 saturated heterocycles. The number of anilines is 1. The van der Waals surface area contributed by atoms with Gasteiger partial charge in [0.15, 0.2) is 0 Å². The highest BCUT2D eigenvalue weighted by Crippen LogP contribution is 2.41. The van der Waals surface area contributed by atoms with Gasteiger partial charge in [-0.1, -0.05) is 17.7 Å². The largest absolute Gasteiger partial charge is 0.398 e. The van der Waals surface area contributed by atoms with Crippen LogP contribution in [0, 0.1) is 0 Å². The predicted octanol–water partition coefficient (Wildman–Crippen LogP) is 3.47. The van der Waals surface area contributed by atoms with E-state index in [0.717, 1.165) is 37.2 Å². The third kappa shape index (κ3) is 3.26. The third-order valence-electron chi connectivity index (χ3n) is 4.35. The zero-order chi connectivity index (χ0) is 14.9. The smallest absolute Gasteiger partial charge is 0.0806 e. The first-order chi connectivity index (χ1) is 10.1. The van der Waals surface area contributed by atoms with Crippen LogP contribution < -0.4 is 5.73 Å². The summed E-state index contributed by atoms with van der Waals surface area (Å²) in [5, 5.41) is 0.595. The van der Waals surface area contributed by atoms with Crippen molar-refractivity contribution < 1.29 is 8.95 Å². The average Bonchev–Trinajstić information content (AvgIpc) is 2.48. The van der Waals surface area contributed by atoms with Crippen LogP contribution in [0.15, 0.2) is 23.1 Å². The molecule has 0 saturated carbocycles. The summed E-state index contributed by atoms with van der Waals surface area (Å²) >= 11 is 8.19. The third-order valence-corrected chi connectivity index (χ3v) is 7.63. The number of halogens is 1. The molecule has 1 aromatic carbocycles. The van der Waals surface area contributed by atoms with Crippen LogP contribution in [0.25, 0.3) is 0 Å². The van der Waals surface area contributed by atoms with Crippen molar-refractivity contribution in [3.63, 3.8) is 0 Å². The van der Waals surface area contributed by atoms with Gasteiger partial charge < -0.3 is 10.5 Å². The summed E-state index contributed by atoms with van der Waals surface area (Å²) in [6, 6.07) is 5.32. The van der Waals surface area contributed by atoms with E-state index in [2.05, 4.69) is 0 Å². The van der Waals surface area contributed by atoms with E-state index >= 15 is 0 Å². The monoisotopic (exact) mass is 345 g/mol. The quantitative estimate of drug-likeness (QED) is 0.834. The summed E-state index contributed by atoms with van der Waals surface area (Å²) in [4.78, 5) is 0.603. The molecular weight excluding hydrogens is 326 g/mol. The molecule has 1 spiro atoms. The van der Waals surface area contributed by atoms with Crippen LogP contribution in [0.5, 0.6) is 0 Å². The molecule has 0 aliphatic carbocycles. The molecule has 0 bridgehead atoms. The Morgan fingerprint density at radius 2 is 2.14 bits per heavy atom. The van der Waals surface area contributed by atoms with Crippen LogP contribution in [0.4, 0.5) is 5.69 Å². The van der Waals surface area contributed by atoms with Crippen molar-refractivity contribution in [1.82, 2.24) is 0 Å². The summed E-state index contributed by atoms with van der Waals surface area (Å²) in [6.07, 6.45) is 3.78. The summed E-state index contributed by atoms with van der Waals surface area (Å²) in [6.45, 7) is 0.686. The summed E-state index contributed by atoms with van der Waals surface area (Å²) in [5.74, 6) is 2.27. The molecule has 3 rings (SSSR count). The maximum Gasteiger partial charge on any atom is 0.0806 e. The van der Waals surface area contributed by atoms with Crippen LogP contribution in [0.1, 0.15) is 25.7 Å². The minimum Gasteiger partial charge on any atom is -0.398 e. The van der Waals surface area contributed by atoms with E-state index in [4.69, 9.17) is 22.1 Å². The van der Waals surface area contributed by atoms with Crippen LogP contribution >= 0.6 is 23.4 Å². The van der Waals surface area contributed by atoms with E-state index in [-0.39, 0.29) is 10.9 Å². The number of nitrogen functional groups attached to an aromatic ring is 1. The van der Waals surface area contributed by atoms with E-state index in [0.29, 0.717) is 22.2 Å². The van der Waals surface area contributed by atoms with Gasteiger partial charge in [-0.3, -0.25) is 4.21 Å². The van der Waals surface area contributed by atoms with E-state index in [9.17, 15) is 4.21 Å². The maximum absolute atomic E-state index is 13.0. The van der Waals surface area contributed by atoms with E-state index in [1.54, 1.807) is 18.2 Å². The molecule has 2 N–H and O–H groups in total. The van der Waals surface area contributed by atoms with Gasteiger partial charge in [0.25, 0.3) is 0 Å². The number of benzene rings is 1. The summed E-state index contributed by atoms with van der Waals surface area (Å²) in [7, 11) is -1.16. The SMILES string of the molecule is Nc1cccc(Cl)c1S(=O)C1CCOC2(CCSCC2)C1. The van der Waals surface area contributed by atoms with Gasteiger partial charge >= 0.3 is 0 Å². The fourth-order valence-electron chi connectivity index (χ4n) is 3.16. The highest BCUT2D eigenvalue weighted by Gasteiger charge is 2.41. The Balaban J connectivity index is 1.81. The van der Waals surface area contributed by atoms with Gasteiger partial charge in [0.2, 0.25) is 0 Å². The van der Waals surface area contributed by atoms with E-state index in [1.807, 2.05) is 11.8 Å². The lowest BCUT2D eigenvalue weighted by molar-refractivity contribution is -0.0809. The second-order valence-corrected chi connectivity index (χ2v) is 9.02. The van der Waals surface area contributed by atoms with Gasteiger partial charge in [-0.05, 0) is 49.3 Å². The molecule has 6 heteroatoms. The molecule has 2 atom stereocenters. The highest BCUT2D eigenvalue weighted by molar-refractivity contribution is 7.99. The zero-order valence-corrected chi connectivity index (χ0v) is 14.2. The fraction of sp³-hybridized carbons (Fsp3) is 0.600. The molecule has 2 unspecified atom stereocenters. The first-order valence-electron chi connectivity index (χ1n) is 7.28. The predicted molar refractivity (Wildman–Crippen MR) is 90.5 cm³/mol. The van der Waals surface area contributed by atoms with Crippen molar-refractivity contribution >= 4 is 39.8 Å². The Labute approximate surface area is 137 Å². The molecule has 116 valence electrons. The number of hydrogen-bond donors (Lipinski definition) is 1.